The molecule has 0 unspecified atom stereocenters. The zero-order valence-corrected chi connectivity index (χ0v) is 10.4. The Hall–Kier alpha value is -0.650. The molecular weight excluding hydrogens is 281 g/mol. The van der Waals surface area contributed by atoms with Crippen molar-refractivity contribution in [2.45, 2.75) is 6.92 Å². The zero-order chi connectivity index (χ0) is 11.4. The number of benzene rings is 1. The van der Waals surface area contributed by atoms with Crippen LogP contribution in [0.15, 0.2) is 38.6 Å². The average molecular weight is 290 g/mol. The third kappa shape index (κ3) is 3.77. The Balaban J connectivity index is 2.85. The molecule has 0 N–H and O–H groups in total. The van der Waals surface area contributed by atoms with Gasteiger partial charge in [0.1, 0.15) is 22.1 Å². The number of nitrogens with zero attached hydrogens (tertiary/aromatic N) is 1. The maximum atomic E-state index is 12.7. The van der Waals surface area contributed by atoms with Gasteiger partial charge in [0, 0.05) is 17.0 Å². The monoisotopic (exact) mass is 289 g/mol. The second-order valence-corrected chi connectivity index (χ2v) is 5.11. The third-order valence-electron chi connectivity index (χ3n) is 1.55. The Labute approximate surface area is 99.4 Å². The lowest BCUT2D eigenvalue weighted by Gasteiger charge is -2.01. The smallest absolute Gasteiger partial charge is 0.149 e. The van der Waals surface area contributed by atoms with Crippen LogP contribution in [0.5, 0.6) is 0 Å². The van der Waals surface area contributed by atoms with Crippen molar-refractivity contribution in [3.05, 3.63) is 45.5 Å². The molecule has 0 aliphatic carbocycles. The molecule has 0 saturated carbocycles. The third-order valence-corrected chi connectivity index (χ3v) is 3.13. The lowest BCUT2D eigenvalue weighted by Crippen LogP contribution is -1.97. The lowest BCUT2D eigenvalue weighted by atomic mass is 10.2. The SMILES string of the molecule is C=C(C)[S@+]([O-])/N=C/c1ccc(F)cc1Br. The van der Waals surface area contributed by atoms with Crippen LogP contribution in [0, 0.1) is 5.82 Å². The molecule has 0 aliphatic rings. The van der Waals surface area contributed by atoms with E-state index < -0.39 is 11.4 Å². The van der Waals surface area contributed by atoms with Gasteiger partial charge in [-0.25, -0.2) is 4.39 Å². The van der Waals surface area contributed by atoms with Gasteiger partial charge in [0.05, 0.1) is 6.21 Å². The fraction of sp³-hybridized carbons (Fsp3) is 0.100. The first kappa shape index (κ1) is 12.4. The summed E-state index contributed by atoms with van der Waals surface area (Å²) in [5.74, 6) is -0.333. The van der Waals surface area contributed by atoms with Crippen molar-refractivity contribution in [1.82, 2.24) is 0 Å². The van der Waals surface area contributed by atoms with Crippen molar-refractivity contribution < 1.29 is 8.94 Å². The molecule has 1 rings (SSSR count). The van der Waals surface area contributed by atoms with Crippen LogP contribution in [-0.2, 0) is 11.4 Å². The highest BCUT2D eigenvalue weighted by atomic mass is 79.9. The predicted molar refractivity (Wildman–Crippen MR) is 64.7 cm³/mol. The highest BCUT2D eigenvalue weighted by Crippen LogP contribution is 2.16. The fourth-order valence-corrected chi connectivity index (χ4v) is 1.64. The summed E-state index contributed by atoms with van der Waals surface area (Å²) in [7, 11) is 0. The number of rotatable bonds is 3. The van der Waals surface area contributed by atoms with Gasteiger partial charge in [-0.3, -0.25) is 0 Å². The summed E-state index contributed by atoms with van der Waals surface area (Å²) >= 11 is 1.76. The first-order chi connectivity index (χ1) is 7.00. The van der Waals surface area contributed by atoms with Crippen molar-refractivity contribution in [3.8, 4) is 0 Å². The van der Waals surface area contributed by atoms with E-state index in [9.17, 15) is 8.94 Å². The van der Waals surface area contributed by atoms with Crippen molar-refractivity contribution in [2.75, 3.05) is 0 Å². The summed E-state index contributed by atoms with van der Waals surface area (Å²) in [6, 6.07) is 4.19. The van der Waals surface area contributed by atoms with Crippen LogP contribution in [0.2, 0.25) is 0 Å². The van der Waals surface area contributed by atoms with E-state index in [1.165, 1.54) is 18.3 Å². The molecule has 0 heterocycles. The molecule has 0 fully saturated rings. The van der Waals surface area contributed by atoms with Crippen LogP contribution in [0.25, 0.3) is 0 Å². The van der Waals surface area contributed by atoms with Crippen molar-refractivity contribution in [2.24, 2.45) is 4.40 Å². The van der Waals surface area contributed by atoms with Gasteiger partial charge in [-0.15, -0.1) is 0 Å². The van der Waals surface area contributed by atoms with Crippen LogP contribution >= 0.6 is 15.9 Å². The topological polar surface area (TPSA) is 35.4 Å². The van der Waals surface area contributed by atoms with E-state index in [0.29, 0.717) is 14.9 Å². The molecule has 0 aromatic heterocycles. The highest BCUT2D eigenvalue weighted by molar-refractivity contribution is 9.10. The van der Waals surface area contributed by atoms with E-state index in [1.807, 2.05) is 0 Å². The van der Waals surface area contributed by atoms with Crippen LogP contribution in [-0.4, -0.2) is 10.8 Å². The van der Waals surface area contributed by atoms with E-state index >= 15 is 0 Å². The minimum Gasteiger partial charge on any atom is -0.586 e. The zero-order valence-electron chi connectivity index (χ0n) is 8.04. The van der Waals surface area contributed by atoms with Gasteiger partial charge >= 0.3 is 0 Å². The number of hydrogen-bond donors (Lipinski definition) is 0. The maximum absolute atomic E-state index is 12.7. The largest absolute Gasteiger partial charge is 0.586 e. The van der Waals surface area contributed by atoms with Crippen LogP contribution < -0.4 is 0 Å². The van der Waals surface area contributed by atoms with Gasteiger partial charge in [0.15, 0.2) is 0 Å². The Morgan fingerprint density at radius 3 is 2.87 bits per heavy atom. The standard InChI is InChI=1S/C10H9BrFNOS/c1-7(2)15(14)13-6-8-3-4-9(12)5-10(8)11/h3-6H,1H2,2H3/b13-6+/t15-/m0/s1. The summed E-state index contributed by atoms with van der Waals surface area (Å²) in [6.07, 6.45) is 1.42. The molecule has 1 aromatic carbocycles. The Morgan fingerprint density at radius 1 is 1.67 bits per heavy atom. The Kier molecular flexibility index (Phi) is 4.50. The average Bonchev–Trinajstić information content (AvgIpc) is 2.15. The summed E-state index contributed by atoms with van der Waals surface area (Å²) < 4.78 is 28.3. The van der Waals surface area contributed by atoms with E-state index in [4.69, 9.17) is 0 Å². The maximum Gasteiger partial charge on any atom is 0.149 e. The molecule has 2 nitrogen and oxygen atoms in total. The Morgan fingerprint density at radius 2 is 2.33 bits per heavy atom. The van der Waals surface area contributed by atoms with E-state index in [1.54, 1.807) is 13.0 Å². The first-order valence-corrected chi connectivity index (χ1v) is 5.97. The number of halogens is 2. The summed E-state index contributed by atoms with van der Waals surface area (Å²) in [5.41, 5.74) is 0.672. The van der Waals surface area contributed by atoms with E-state index in [0.717, 1.165) is 0 Å². The molecular formula is C10H9BrFNOS. The van der Waals surface area contributed by atoms with E-state index in [-0.39, 0.29) is 5.82 Å². The van der Waals surface area contributed by atoms with Gasteiger partial charge in [0.25, 0.3) is 0 Å². The minimum absolute atomic E-state index is 0.333. The van der Waals surface area contributed by atoms with Gasteiger partial charge in [-0.1, -0.05) is 20.3 Å². The fourth-order valence-electron chi connectivity index (χ4n) is 0.801. The normalized spacial score (nSPS) is 13.1. The number of allylic oxidation sites excluding steroid dienone is 1. The van der Waals surface area contributed by atoms with Crippen LogP contribution in [0.3, 0.4) is 0 Å². The van der Waals surface area contributed by atoms with E-state index in [2.05, 4.69) is 26.9 Å². The minimum atomic E-state index is -1.43. The lowest BCUT2D eigenvalue weighted by molar-refractivity contribution is 0.603. The molecule has 1 aromatic rings. The van der Waals surface area contributed by atoms with Gasteiger partial charge < -0.3 is 4.55 Å². The molecule has 0 amide bonds. The molecule has 0 aliphatic heterocycles. The molecule has 5 heteroatoms. The van der Waals surface area contributed by atoms with Gasteiger partial charge in [-0.05, 0) is 24.8 Å². The molecule has 15 heavy (non-hydrogen) atoms. The van der Waals surface area contributed by atoms with Crippen LogP contribution in [0.1, 0.15) is 12.5 Å². The summed E-state index contributed by atoms with van der Waals surface area (Å²) in [5, 5.41) is 0. The quantitative estimate of drug-likeness (QED) is 0.622. The van der Waals surface area contributed by atoms with Gasteiger partial charge in [-0.2, -0.15) is 0 Å². The second kappa shape index (κ2) is 5.44. The highest BCUT2D eigenvalue weighted by Gasteiger charge is 2.05. The van der Waals surface area contributed by atoms with Crippen molar-refractivity contribution in [3.63, 3.8) is 0 Å². The first-order valence-electron chi connectivity index (χ1n) is 4.07. The number of hydrogen-bond acceptors (Lipinski definition) is 2. The second-order valence-electron chi connectivity index (χ2n) is 2.85. The molecule has 0 spiro atoms. The van der Waals surface area contributed by atoms with Crippen molar-refractivity contribution >= 4 is 33.5 Å². The van der Waals surface area contributed by atoms with Gasteiger partial charge in [0.2, 0.25) is 0 Å². The molecule has 1 atom stereocenters. The van der Waals surface area contributed by atoms with Crippen LogP contribution in [0.4, 0.5) is 4.39 Å². The predicted octanol–water partition coefficient (Wildman–Crippen LogP) is 3.20. The summed E-state index contributed by atoms with van der Waals surface area (Å²) in [6.45, 7) is 5.15. The Bertz CT molecular complexity index is 408. The molecule has 0 bridgehead atoms. The van der Waals surface area contributed by atoms with Crippen molar-refractivity contribution in [1.29, 1.82) is 0 Å². The molecule has 0 saturated heterocycles. The molecule has 0 radical (unpaired) electrons. The molecule has 80 valence electrons. The summed E-state index contributed by atoms with van der Waals surface area (Å²) in [4.78, 5) is 0.476.